The largest absolute Gasteiger partial charge is 0.477 e. The van der Waals surface area contributed by atoms with Crippen LogP contribution < -0.4 is 4.74 Å². The first-order valence-corrected chi connectivity index (χ1v) is 11.6. The maximum absolute atomic E-state index is 14.0. The molecule has 10 heteroatoms. The number of halogens is 3. The number of rotatable bonds is 4. The Hall–Kier alpha value is -3.30. The monoisotopic (exact) mass is 473 g/mol. The summed E-state index contributed by atoms with van der Waals surface area (Å²) in [4.78, 5) is 15.6. The molecule has 2 aromatic heterocycles. The smallest absolute Gasteiger partial charge is 0.261 e. The minimum atomic E-state index is -1.50. The van der Waals surface area contributed by atoms with E-state index in [9.17, 15) is 18.0 Å². The SMILES string of the molecule is CCC1Cc2c(nn(C)c2-c2cc(F)c(F)c(F)c2)C(CC)N1C(=O)c1cnn2c1OCCC2. The van der Waals surface area contributed by atoms with Crippen molar-refractivity contribution in [3.05, 3.63) is 52.6 Å². The van der Waals surface area contributed by atoms with Gasteiger partial charge in [0.1, 0.15) is 5.56 Å². The third-order valence-corrected chi connectivity index (χ3v) is 6.79. The molecule has 0 radical (unpaired) electrons. The van der Waals surface area contributed by atoms with Crippen LogP contribution in [0.1, 0.15) is 60.8 Å². The Kier molecular flexibility index (Phi) is 5.61. The highest BCUT2D eigenvalue weighted by atomic mass is 19.2. The summed E-state index contributed by atoms with van der Waals surface area (Å²) in [6.45, 7) is 5.22. The van der Waals surface area contributed by atoms with Crippen molar-refractivity contribution in [1.82, 2.24) is 24.5 Å². The molecule has 1 amide bonds. The van der Waals surface area contributed by atoms with Crippen LogP contribution in [0, 0.1) is 17.5 Å². The maximum Gasteiger partial charge on any atom is 0.261 e. The first-order chi connectivity index (χ1) is 16.3. The fraction of sp³-hybridized carbons (Fsp3) is 0.458. The van der Waals surface area contributed by atoms with Crippen molar-refractivity contribution in [3.63, 3.8) is 0 Å². The molecule has 5 rings (SSSR count). The number of fused-ring (bicyclic) bond motifs is 2. The van der Waals surface area contributed by atoms with Gasteiger partial charge in [-0.05, 0) is 31.4 Å². The van der Waals surface area contributed by atoms with Crippen molar-refractivity contribution in [1.29, 1.82) is 0 Å². The molecule has 2 aliphatic rings. The number of aryl methyl sites for hydroxylation is 2. The van der Waals surface area contributed by atoms with Gasteiger partial charge < -0.3 is 9.64 Å². The van der Waals surface area contributed by atoms with Gasteiger partial charge in [-0.2, -0.15) is 10.2 Å². The van der Waals surface area contributed by atoms with Crippen LogP contribution in [0.2, 0.25) is 0 Å². The molecule has 0 fully saturated rings. The lowest BCUT2D eigenvalue weighted by Crippen LogP contribution is -2.47. The van der Waals surface area contributed by atoms with Gasteiger partial charge in [0.25, 0.3) is 5.91 Å². The average molecular weight is 473 g/mol. The summed E-state index contributed by atoms with van der Waals surface area (Å²) in [6, 6.07) is 1.48. The zero-order valence-corrected chi connectivity index (χ0v) is 19.3. The Balaban J connectivity index is 1.60. The van der Waals surface area contributed by atoms with Crippen LogP contribution in [-0.2, 0) is 20.0 Å². The van der Waals surface area contributed by atoms with E-state index < -0.39 is 17.5 Å². The second-order valence-corrected chi connectivity index (χ2v) is 8.78. The van der Waals surface area contributed by atoms with E-state index in [1.54, 1.807) is 22.6 Å². The summed E-state index contributed by atoms with van der Waals surface area (Å²) in [5.74, 6) is -3.67. The third-order valence-electron chi connectivity index (χ3n) is 6.79. The van der Waals surface area contributed by atoms with Crippen molar-refractivity contribution < 1.29 is 22.7 Å². The van der Waals surface area contributed by atoms with Crippen molar-refractivity contribution in [2.75, 3.05) is 6.61 Å². The molecule has 0 aliphatic carbocycles. The van der Waals surface area contributed by atoms with E-state index in [4.69, 9.17) is 4.74 Å². The summed E-state index contributed by atoms with van der Waals surface area (Å²) in [7, 11) is 1.69. The van der Waals surface area contributed by atoms with Gasteiger partial charge in [0.15, 0.2) is 17.5 Å². The van der Waals surface area contributed by atoms with Crippen LogP contribution >= 0.6 is 0 Å². The normalized spacial score (nSPS) is 19.5. The van der Waals surface area contributed by atoms with E-state index in [1.165, 1.54) is 0 Å². The Morgan fingerprint density at radius 3 is 2.59 bits per heavy atom. The van der Waals surface area contributed by atoms with Gasteiger partial charge in [0, 0.05) is 37.2 Å². The fourth-order valence-corrected chi connectivity index (χ4v) is 5.22. The molecular weight excluding hydrogens is 447 g/mol. The fourth-order valence-electron chi connectivity index (χ4n) is 5.22. The summed E-state index contributed by atoms with van der Waals surface area (Å²) >= 11 is 0. The molecule has 34 heavy (non-hydrogen) atoms. The lowest BCUT2D eigenvalue weighted by atomic mass is 9.87. The summed E-state index contributed by atoms with van der Waals surface area (Å²) in [6.07, 6.45) is 4.13. The Morgan fingerprint density at radius 1 is 1.18 bits per heavy atom. The third kappa shape index (κ3) is 3.38. The zero-order chi connectivity index (χ0) is 24.1. The molecule has 0 N–H and O–H groups in total. The maximum atomic E-state index is 14.0. The standard InChI is InChI=1S/C24H26F3N5O2/c1-4-14-11-15-21(29-30(3)22(15)13-9-17(25)20(27)18(26)10-13)19(5-2)32(14)23(33)16-12-28-31-7-6-8-34-24(16)31/h9-10,12,14,19H,4-8,11H2,1-3H3. The highest BCUT2D eigenvalue weighted by Gasteiger charge is 2.41. The Bertz CT molecular complexity index is 1240. The first-order valence-electron chi connectivity index (χ1n) is 11.6. The number of aromatic nitrogens is 4. The number of benzene rings is 1. The molecule has 2 atom stereocenters. The highest BCUT2D eigenvalue weighted by Crippen LogP contribution is 2.42. The second kappa shape index (κ2) is 8.48. The molecule has 1 aromatic carbocycles. The van der Waals surface area contributed by atoms with E-state index in [0.29, 0.717) is 55.2 Å². The first kappa shape index (κ1) is 22.5. The van der Waals surface area contributed by atoms with Crippen LogP contribution in [0.3, 0.4) is 0 Å². The summed E-state index contributed by atoms with van der Waals surface area (Å²) in [5.41, 5.74) is 2.69. The predicted molar refractivity (Wildman–Crippen MR) is 118 cm³/mol. The molecule has 3 aromatic rings. The Morgan fingerprint density at radius 2 is 1.91 bits per heavy atom. The second-order valence-electron chi connectivity index (χ2n) is 8.78. The molecule has 0 bridgehead atoms. The molecule has 0 saturated heterocycles. The van der Waals surface area contributed by atoms with Gasteiger partial charge in [-0.25, -0.2) is 17.9 Å². The van der Waals surface area contributed by atoms with Gasteiger partial charge in [0.05, 0.1) is 30.2 Å². The quantitative estimate of drug-likeness (QED) is 0.527. The molecule has 7 nitrogen and oxygen atoms in total. The van der Waals surface area contributed by atoms with E-state index in [0.717, 1.165) is 24.1 Å². The molecule has 0 spiro atoms. The molecule has 4 heterocycles. The Labute approximate surface area is 195 Å². The van der Waals surface area contributed by atoms with Gasteiger partial charge in [0.2, 0.25) is 5.88 Å². The van der Waals surface area contributed by atoms with Crippen LogP contribution in [-0.4, -0.2) is 43.0 Å². The van der Waals surface area contributed by atoms with E-state index in [-0.39, 0.29) is 23.6 Å². The summed E-state index contributed by atoms with van der Waals surface area (Å²) in [5, 5.41) is 8.99. The number of hydrogen-bond acceptors (Lipinski definition) is 4. The van der Waals surface area contributed by atoms with Crippen molar-refractivity contribution >= 4 is 5.91 Å². The lowest BCUT2D eigenvalue weighted by Gasteiger charge is -2.41. The number of carbonyl (C=O) groups is 1. The number of hydrogen-bond donors (Lipinski definition) is 0. The minimum Gasteiger partial charge on any atom is -0.477 e. The van der Waals surface area contributed by atoms with E-state index in [1.807, 2.05) is 18.7 Å². The number of carbonyl (C=O) groups excluding carboxylic acids is 1. The molecule has 2 unspecified atom stereocenters. The average Bonchev–Trinajstić information content (AvgIpc) is 3.40. The van der Waals surface area contributed by atoms with Crippen LogP contribution in [0.25, 0.3) is 11.3 Å². The zero-order valence-electron chi connectivity index (χ0n) is 19.3. The molecule has 2 aliphatic heterocycles. The van der Waals surface area contributed by atoms with Crippen molar-refractivity contribution in [3.8, 4) is 17.1 Å². The lowest BCUT2D eigenvalue weighted by molar-refractivity contribution is 0.0506. The van der Waals surface area contributed by atoms with E-state index >= 15 is 0 Å². The summed E-state index contributed by atoms with van der Waals surface area (Å²) < 4.78 is 50.7. The highest BCUT2D eigenvalue weighted by molar-refractivity contribution is 5.97. The van der Waals surface area contributed by atoms with Crippen LogP contribution in [0.4, 0.5) is 13.2 Å². The molecular formula is C24H26F3N5O2. The van der Waals surface area contributed by atoms with Crippen LogP contribution in [0.5, 0.6) is 5.88 Å². The number of nitrogens with zero attached hydrogens (tertiary/aromatic N) is 5. The van der Waals surface area contributed by atoms with Gasteiger partial charge in [-0.3, -0.25) is 9.48 Å². The molecule has 180 valence electrons. The number of ether oxygens (including phenoxy) is 1. The topological polar surface area (TPSA) is 65.2 Å². The minimum absolute atomic E-state index is 0.165. The number of amides is 1. The van der Waals surface area contributed by atoms with Gasteiger partial charge in [-0.15, -0.1) is 0 Å². The predicted octanol–water partition coefficient (Wildman–Crippen LogP) is 4.41. The van der Waals surface area contributed by atoms with Gasteiger partial charge in [-0.1, -0.05) is 13.8 Å². The van der Waals surface area contributed by atoms with Crippen LogP contribution in [0.15, 0.2) is 18.3 Å². The van der Waals surface area contributed by atoms with E-state index in [2.05, 4.69) is 10.2 Å². The molecule has 0 saturated carbocycles. The van der Waals surface area contributed by atoms with Crippen molar-refractivity contribution in [2.45, 2.75) is 58.2 Å². The van der Waals surface area contributed by atoms with Crippen molar-refractivity contribution in [2.24, 2.45) is 7.05 Å². The van der Waals surface area contributed by atoms with Gasteiger partial charge >= 0.3 is 0 Å².